The molecule has 0 spiro atoms. The first-order chi connectivity index (χ1) is 8.04. The van der Waals surface area contributed by atoms with E-state index >= 15 is 0 Å². The fourth-order valence-electron chi connectivity index (χ4n) is 1.82. The van der Waals surface area contributed by atoms with Crippen molar-refractivity contribution < 1.29 is 19.4 Å². The van der Waals surface area contributed by atoms with Crippen molar-refractivity contribution in [3.63, 3.8) is 0 Å². The van der Waals surface area contributed by atoms with Gasteiger partial charge in [-0.3, -0.25) is 9.36 Å². The van der Waals surface area contributed by atoms with E-state index < -0.39 is 5.97 Å². The van der Waals surface area contributed by atoms with Crippen LogP contribution >= 0.6 is 0 Å². The largest absolute Gasteiger partial charge is 0.497 e. The molecule has 2 rings (SSSR count). The summed E-state index contributed by atoms with van der Waals surface area (Å²) in [5, 5.41) is 9.70. The molecule has 0 saturated heterocycles. The third-order valence-electron chi connectivity index (χ3n) is 2.54. The zero-order chi connectivity index (χ0) is 12.6. The minimum atomic E-state index is -1.13. The molecular formula is C12H11NO4. The van der Waals surface area contributed by atoms with E-state index in [9.17, 15) is 9.59 Å². The number of aromatic carboxylic acids is 1. The Morgan fingerprint density at radius 1 is 1.29 bits per heavy atom. The summed E-state index contributed by atoms with van der Waals surface area (Å²) in [5.41, 5.74) is 0.524. The predicted octanol–water partition coefficient (Wildman–Crippen LogP) is 2.01. The predicted molar refractivity (Wildman–Crippen MR) is 61.7 cm³/mol. The van der Waals surface area contributed by atoms with Crippen LogP contribution in [-0.2, 0) is 0 Å². The molecule has 88 valence electrons. The zero-order valence-corrected chi connectivity index (χ0v) is 9.43. The van der Waals surface area contributed by atoms with Crippen LogP contribution in [0.2, 0.25) is 0 Å². The van der Waals surface area contributed by atoms with Gasteiger partial charge in [-0.1, -0.05) is 0 Å². The zero-order valence-electron chi connectivity index (χ0n) is 9.43. The molecular weight excluding hydrogens is 222 g/mol. The Kier molecular flexibility index (Phi) is 2.59. The van der Waals surface area contributed by atoms with Crippen molar-refractivity contribution in [1.29, 1.82) is 0 Å². The van der Waals surface area contributed by atoms with Gasteiger partial charge in [0.2, 0.25) is 5.91 Å². The van der Waals surface area contributed by atoms with E-state index in [1.165, 1.54) is 24.7 Å². The maximum absolute atomic E-state index is 11.5. The van der Waals surface area contributed by atoms with Gasteiger partial charge in [0.15, 0.2) is 0 Å². The van der Waals surface area contributed by atoms with Gasteiger partial charge in [-0.2, -0.15) is 0 Å². The van der Waals surface area contributed by atoms with E-state index in [2.05, 4.69) is 0 Å². The average Bonchev–Trinajstić information content (AvgIpc) is 2.66. The van der Waals surface area contributed by atoms with Crippen LogP contribution < -0.4 is 4.74 Å². The minimum Gasteiger partial charge on any atom is -0.497 e. The van der Waals surface area contributed by atoms with E-state index in [-0.39, 0.29) is 11.6 Å². The first-order valence-electron chi connectivity index (χ1n) is 4.98. The van der Waals surface area contributed by atoms with Crippen molar-refractivity contribution in [3.8, 4) is 5.75 Å². The third-order valence-corrected chi connectivity index (χ3v) is 2.54. The summed E-state index contributed by atoms with van der Waals surface area (Å²) < 4.78 is 6.23. The fraction of sp³-hybridized carbons (Fsp3) is 0.167. The van der Waals surface area contributed by atoms with Crippen LogP contribution in [0.4, 0.5) is 0 Å². The normalized spacial score (nSPS) is 10.5. The lowest BCUT2D eigenvalue weighted by Gasteiger charge is -2.03. The molecule has 1 heterocycles. The van der Waals surface area contributed by atoms with Gasteiger partial charge in [-0.05, 0) is 24.3 Å². The summed E-state index contributed by atoms with van der Waals surface area (Å²) in [7, 11) is 1.53. The van der Waals surface area contributed by atoms with Crippen molar-refractivity contribution >= 4 is 22.8 Å². The van der Waals surface area contributed by atoms with Crippen molar-refractivity contribution in [1.82, 2.24) is 4.57 Å². The number of carbonyl (C=O) groups is 2. The number of rotatable bonds is 2. The SMILES string of the molecule is COc1ccc2c(c1)cc(C(=O)O)n2C(C)=O. The average molecular weight is 233 g/mol. The quantitative estimate of drug-likeness (QED) is 0.861. The van der Waals surface area contributed by atoms with Crippen molar-refractivity contribution in [2.45, 2.75) is 6.92 Å². The lowest BCUT2D eigenvalue weighted by molar-refractivity contribution is 0.0676. The second-order valence-corrected chi connectivity index (χ2v) is 3.61. The number of carbonyl (C=O) groups excluding carboxylic acids is 1. The van der Waals surface area contributed by atoms with E-state index in [4.69, 9.17) is 9.84 Å². The molecule has 2 aromatic rings. The smallest absolute Gasteiger partial charge is 0.352 e. The van der Waals surface area contributed by atoms with Gasteiger partial charge in [-0.15, -0.1) is 0 Å². The molecule has 0 amide bonds. The molecule has 1 N–H and O–H groups in total. The summed E-state index contributed by atoms with van der Waals surface area (Å²) in [5.74, 6) is -0.840. The number of ether oxygens (including phenoxy) is 1. The molecule has 1 aromatic carbocycles. The van der Waals surface area contributed by atoms with Crippen molar-refractivity contribution in [2.24, 2.45) is 0 Å². The number of carboxylic acid groups (broad SMARTS) is 1. The van der Waals surface area contributed by atoms with Gasteiger partial charge in [-0.25, -0.2) is 4.79 Å². The Morgan fingerprint density at radius 2 is 2.00 bits per heavy atom. The third kappa shape index (κ3) is 1.75. The number of methoxy groups -OCH3 is 1. The number of nitrogens with zero attached hydrogens (tertiary/aromatic N) is 1. The van der Waals surface area contributed by atoms with Crippen molar-refractivity contribution in [2.75, 3.05) is 7.11 Å². The van der Waals surface area contributed by atoms with Gasteiger partial charge in [0.05, 0.1) is 12.6 Å². The molecule has 1 aromatic heterocycles. The monoisotopic (exact) mass is 233 g/mol. The van der Waals surface area contributed by atoms with Crippen LogP contribution in [0.25, 0.3) is 10.9 Å². The van der Waals surface area contributed by atoms with Gasteiger partial charge < -0.3 is 9.84 Å². The topological polar surface area (TPSA) is 68.5 Å². The highest BCUT2D eigenvalue weighted by molar-refractivity contribution is 6.02. The lowest BCUT2D eigenvalue weighted by atomic mass is 10.2. The molecule has 0 fully saturated rings. The fourth-order valence-corrected chi connectivity index (χ4v) is 1.82. The number of aromatic nitrogens is 1. The summed E-state index contributed by atoms with van der Waals surface area (Å²) >= 11 is 0. The highest BCUT2D eigenvalue weighted by Crippen LogP contribution is 2.24. The molecule has 0 unspecified atom stereocenters. The molecule has 0 aliphatic rings. The summed E-state index contributed by atoms with van der Waals surface area (Å²) in [6.45, 7) is 1.33. The number of hydrogen-bond donors (Lipinski definition) is 1. The summed E-state index contributed by atoms with van der Waals surface area (Å²) in [6, 6.07) is 6.51. The lowest BCUT2D eigenvalue weighted by Crippen LogP contribution is -2.13. The van der Waals surface area contributed by atoms with Crippen LogP contribution in [0.5, 0.6) is 5.75 Å². The Balaban J connectivity index is 2.79. The number of hydrogen-bond acceptors (Lipinski definition) is 3. The van der Waals surface area contributed by atoms with E-state index in [1.54, 1.807) is 18.2 Å². The van der Waals surface area contributed by atoms with Gasteiger partial charge in [0.1, 0.15) is 11.4 Å². The minimum absolute atomic E-state index is 0.0410. The molecule has 5 nitrogen and oxygen atoms in total. The Morgan fingerprint density at radius 3 is 2.53 bits per heavy atom. The Labute approximate surface area is 97.2 Å². The van der Waals surface area contributed by atoms with E-state index in [1.807, 2.05) is 0 Å². The number of carboxylic acids is 1. The van der Waals surface area contributed by atoms with Gasteiger partial charge in [0, 0.05) is 12.3 Å². The van der Waals surface area contributed by atoms with E-state index in [0.717, 1.165) is 0 Å². The van der Waals surface area contributed by atoms with Crippen LogP contribution in [0.3, 0.4) is 0 Å². The van der Waals surface area contributed by atoms with Gasteiger partial charge in [0.25, 0.3) is 0 Å². The number of benzene rings is 1. The Hall–Kier alpha value is -2.30. The molecule has 0 aliphatic carbocycles. The molecule has 0 radical (unpaired) electrons. The summed E-state index contributed by atoms with van der Waals surface area (Å²) in [6.07, 6.45) is 0. The van der Waals surface area contributed by atoms with Crippen LogP contribution in [0, 0.1) is 0 Å². The first kappa shape index (κ1) is 11.2. The molecule has 17 heavy (non-hydrogen) atoms. The second kappa shape index (κ2) is 3.93. The second-order valence-electron chi connectivity index (χ2n) is 3.61. The van der Waals surface area contributed by atoms with Crippen molar-refractivity contribution in [3.05, 3.63) is 30.0 Å². The van der Waals surface area contributed by atoms with Gasteiger partial charge >= 0.3 is 5.97 Å². The Bertz CT molecular complexity index is 612. The highest BCUT2D eigenvalue weighted by atomic mass is 16.5. The van der Waals surface area contributed by atoms with Crippen LogP contribution in [-0.4, -0.2) is 28.7 Å². The maximum atomic E-state index is 11.5. The molecule has 0 bridgehead atoms. The maximum Gasteiger partial charge on any atom is 0.352 e. The molecule has 5 heteroatoms. The number of fused-ring (bicyclic) bond motifs is 1. The van der Waals surface area contributed by atoms with Crippen LogP contribution in [0.15, 0.2) is 24.3 Å². The molecule has 0 aliphatic heterocycles. The first-order valence-corrected chi connectivity index (χ1v) is 4.98. The molecule has 0 saturated carbocycles. The van der Waals surface area contributed by atoms with Crippen LogP contribution in [0.1, 0.15) is 22.2 Å². The standard InChI is InChI=1S/C12H11NO4/c1-7(14)13-10-4-3-9(17-2)5-8(10)6-11(13)12(15)16/h3-6H,1-2H3,(H,15,16). The van der Waals surface area contributed by atoms with E-state index in [0.29, 0.717) is 16.7 Å². The highest BCUT2D eigenvalue weighted by Gasteiger charge is 2.17. The summed E-state index contributed by atoms with van der Waals surface area (Å²) in [4.78, 5) is 22.5. The molecule has 0 atom stereocenters.